The first-order valence-corrected chi connectivity index (χ1v) is 8.14. The monoisotopic (exact) mass is 341 g/mol. The molecule has 0 N–H and O–H groups in total. The van der Waals surface area contributed by atoms with Crippen molar-refractivity contribution >= 4 is 5.91 Å². The number of carbonyl (C=O) groups is 1. The van der Waals surface area contributed by atoms with Crippen molar-refractivity contribution in [3.8, 4) is 0 Å². The molecule has 7 heteroatoms. The molecule has 2 rings (SSSR count). The molecule has 0 aromatic carbocycles. The van der Waals surface area contributed by atoms with Crippen molar-refractivity contribution in [1.82, 2.24) is 4.90 Å². The SMILES string of the molecule is CC1(C)CC(F)(F)CCN1C(=O)CCCCC1(C(F)(F)F)CC1. The van der Waals surface area contributed by atoms with Crippen molar-refractivity contribution in [3.05, 3.63) is 0 Å². The molecule has 1 heterocycles. The smallest absolute Gasteiger partial charge is 0.337 e. The Hall–Kier alpha value is -0.880. The molecule has 2 nitrogen and oxygen atoms in total. The zero-order chi connectivity index (χ0) is 17.5. The summed E-state index contributed by atoms with van der Waals surface area (Å²) in [6.07, 6.45) is -3.61. The number of unbranched alkanes of at least 4 members (excludes halogenated alkanes) is 1. The third-order valence-electron chi connectivity index (χ3n) is 5.18. The zero-order valence-electron chi connectivity index (χ0n) is 13.6. The molecule has 1 amide bonds. The Labute approximate surface area is 133 Å². The lowest BCUT2D eigenvalue weighted by molar-refractivity contribution is -0.189. The normalized spacial score (nSPS) is 25.3. The quantitative estimate of drug-likeness (QED) is 0.513. The molecule has 23 heavy (non-hydrogen) atoms. The van der Waals surface area contributed by atoms with Crippen LogP contribution in [0, 0.1) is 5.41 Å². The minimum absolute atomic E-state index is 0.00528. The highest BCUT2D eigenvalue weighted by Crippen LogP contribution is 2.60. The minimum Gasteiger partial charge on any atom is -0.337 e. The van der Waals surface area contributed by atoms with Gasteiger partial charge in [0.15, 0.2) is 0 Å². The number of likely N-dealkylation sites (tertiary alicyclic amines) is 1. The molecule has 0 aromatic heterocycles. The van der Waals surface area contributed by atoms with E-state index in [4.69, 9.17) is 0 Å². The van der Waals surface area contributed by atoms with Crippen LogP contribution < -0.4 is 0 Å². The highest BCUT2D eigenvalue weighted by Gasteiger charge is 2.62. The highest BCUT2D eigenvalue weighted by atomic mass is 19.4. The number of piperidine rings is 1. The van der Waals surface area contributed by atoms with E-state index in [9.17, 15) is 26.7 Å². The van der Waals surface area contributed by atoms with E-state index in [1.54, 1.807) is 13.8 Å². The van der Waals surface area contributed by atoms with E-state index in [0.29, 0.717) is 12.8 Å². The first-order valence-electron chi connectivity index (χ1n) is 8.14. The number of rotatable bonds is 5. The van der Waals surface area contributed by atoms with Crippen molar-refractivity contribution in [3.63, 3.8) is 0 Å². The molecule has 0 radical (unpaired) electrons. The van der Waals surface area contributed by atoms with Crippen LogP contribution in [0.4, 0.5) is 22.0 Å². The van der Waals surface area contributed by atoms with Crippen LogP contribution in [0.25, 0.3) is 0 Å². The van der Waals surface area contributed by atoms with Crippen LogP contribution in [0.1, 0.15) is 65.2 Å². The van der Waals surface area contributed by atoms with Gasteiger partial charge >= 0.3 is 6.18 Å². The number of halogens is 5. The van der Waals surface area contributed by atoms with E-state index in [-0.39, 0.29) is 51.0 Å². The Balaban J connectivity index is 1.77. The Morgan fingerprint density at radius 2 is 1.70 bits per heavy atom. The minimum atomic E-state index is -4.16. The molecule has 0 atom stereocenters. The van der Waals surface area contributed by atoms with Crippen LogP contribution in [0.3, 0.4) is 0 Å². The predicted octanol–water partition coefficient (Wildman–Crippen LogP) is 4.93. The van der Waals surface area contributed by atoms with Crippen molar-refractivity contribution in [1.29, 1.82) is 0 Å². The second-order valence-electron chi connectivity index (χ2n) is 7.63. The summed E-state index contributed by atoms with van der Waals surface area (Å²) >= 11 is 0. The summed E-state index contributed by atoms with van der Waals surface area (Å²) in [6.45, 7) is 3.23. The molecule has 0 bridgehead atoms. The van der Waals surface area contributed by atoms with Gasteiger partial charge in [-0.3, -0.25) is 4.79 Å². The first kappa shape index (κ1) is 18.5. The van der Waals surface area contributed by atoms with Crippen LogP contribution in [0.5, 0.6) is 0 Å². The third kappa shape index (κ3) is 4.15. The maximum Gasteiger partial charge on any atom is 0.394 e. The molecule has 2 fully saturated rings. The lowest BCUT2D eigenvalue weighted by Crippen LogP contribution is -2.55. The molecule has 0 spiro atoms. The fraction of sp³-hybridized carbons (Fsp3) is 0.938. The second-order valence-corrected chi connectivity index (χ2v) is 7.63. The van der Waals surface area contributed by atoms with Crippen molar-refractivity contribution in [2.24, 2.45) is 5.41 Å². The molecule has 1 aliphatic heterocycles. The van der Waals surface area contributed by atoms with Gasteiger partial charge in [0.2, 0.25) is 5.91 Å². The van der Waals surface area contributed by atoms with Gasteiger partial charge in [-0.15, -0.1) is 0 Å². The molecule has 0 aromatic rings. The second kappa shape index (κ2) is 5.88. The lowest BCUT2D eigenvalue weighted by atomic mass is 9.87. The fourth-order valence-electron chi connectivity index (χ4n) is 3.56. The van der Waals surface area contributed by atoms with Gasteiger partial charge in [0.1, 0.15) is 0 Å². The summed E-state index contributed by atoms with van der Waals surface area (Å²) in [5, 5.41) is 0. The van der Waals surface area contributed by atoms with Gasteiger partial charge in [-0.25, -0.2) is 8.78 Å². The van der Waals surface area contributed by atoms with Crippen LogP contribution in [-0.4, -0.2) is 35.0 Å². The van der Waals surface area contributed by atoms with Gasteiger partial charge in [-0.05, 0) is 39.5 Å². The van der Waals surface area contributed by atoms with E-state index in [1.165, 1.54) is 4.90 Å². The Morgan fingerprint density at radius 3 is 2.17 bits per heavy atom. The average molecular weight is 341 g/mol. The number of carbonyl (C=O) groups excluding carboxylic acids is 1. The van der Waals surface area contributed by atoms with Crippen molar-refractivity contribution in [2.75, 3.05) is 6.54 Å². The number of nitrogens with zero attached hydrogens (tertiary/aromatic N) is 1. The molecule has 2 aliphatic rings. The Kier molecular flexibility index (Phi) is 4.72. The maximum atomic E-state index is 13.4. The van der Waals surface area contributed by atoms with Crippen LogP contribution >= 0.6 is 0 Å². The largest absolute Gasteiger partial charge is 0.394 e. The van der Waals surface area contributed by atoms with Gasteiger partial charge in [0, 0.05) is 31.3 Å². The van der Waals surface area contributed by atoms with E-state index < -0.39 is 23.1 Å². The summed E-state index contributed by atoms with van der Waals surface area (Å²) in [5.41, 5.74) is -2.44. The topological polar surface area (TPSA) is 20.3 Å². The number of hydrogen-bond acceptors (Lipinski definition) is 1. The van der Waals surface area contributed by atoms with Gasteiger partial charge in [0.25, 0.3) is 5.92 Å². The molecule has 1 aliphatic carbocycles. The van der Waals surface area contributed by atoms with E-state index in [2.05, 4.69) is 0 Å². The summed E-state index contributed by atoms with van der Waals surface area (Å²) in [7, 11) is 0. The van der Waals surface area contributed by atoms with Crippen molar-refractivity contribution < 1.29 is 26.7 Å². The van der Waals surface area contributed by atoms with E-state index >= 15 is 0 Å². The molecular weight excluding hydrogens is 317 g/mol. The maximum absolute atomic E-state index is 13.4. The van der Waals surface area contributed by atoms with Crippen LogP contribution in [0.2, 0.25) is 0 Å². The summed E-state index contributed by atoms with van der Waals surface area (Å²) in [4.78, 5) is 13.7. The molecule has 134 valence electrons. The number of alkyl halides is 5. The fourth-order valence-corrected chi connectivity index (χ4v) is 3.56. The Morgan fingerprint density at radius 1 is 1.09 bits per heavy atom. The van der Waals surface area contributed by atoms with Crippen LogP contribution in [0.15, 0.2) is 0 Å². The third-order valence-corrected chi connectivity index (χ3v) is 5.18. The summed E-state index contributed by atoms with van der Waals surface area (Å²) < 4.78 is 65.3. The van der Waals surface area contributed by atoms with Gasteiger partial charge in [-0.2, -0.15) is 13.2 Å². The summed E-state index contributed by atoms with van der Waals surface area (Å²) in [6, 6.07) is 0. The van der Waals surface area contributed by atoms with Gasteiger partial charge < -0.3 is 4.90 Å². The summed E-state index contributed by atoms with van der Waals surface area (Å²) in [5.74, 6) is -2.99. The highest BCUT2D eigenvalue weighted by molar-refractivity contribution is 5.77. The number of hydrogen-bond donors (Lipinski definition) is 0. The predicted molar refractivity (Wildman–Crippen MR) is 76.2 cm³/mol. The standard InChI is InChI=1S/C16H24F5NO/c1-13(2)11-15(17,18)9-10-22(13)12(23)5-3-4-6-14(7-8-14)16(19,20)21/h3-11H2,1-2H3. The molecule has 1 saturated heterocycles. The lowest BCUT2D eigenvalue weighted by Gasteiger charge is -2.45. The average Bonchev–Trinajstić information content (AvgIpc) is 3.12. The zero-order valence-corrected chi connectivity index (χ0v) is 13.6. The van der Waals surface area contributed by atoms with Crippen molar-refractivity contribution in [2.45, 2.75) is 82.9 Å². The van der Waals surface area contributed by atoms with Crippen LogP contribution in [-0.2, 0) is 4.79 Å². The van der Waals surface area contributed by atoms with Gasteiger partial charge in [0.05, 0.1) is 5.41 Å². The van der Waals surface area contributed by atoms with E-state index in [0.717, 1.165) is 0 Å². The Bertz CT molecular complexity index is 454. The number of amides is 1. The molecular formula is C16H24F5NO. The van der Waals surface area contributed by atoms with E-state index in [1.807, 2.05) is 0 Å². The first-order chi connectivity index (χ1) is 10.4. The molecule has 1 saturated carbocycles. The van der Waals surface area contributed by atoms with Gasteiger partial charge in [-0.1, -0.05) is 6.42 Å². The molecule has 0 unspecified atom stereocenters.